The highest BCUT2D eigenvalue weighted by molar-refractivity contribution is 5.63. The zero-order valence-corrected chi connectivity index (χ0v) is 12.9. The molecule has 1 heterocycles. The van der Waals surface area contributed by atoms with Gasteiger partial charge in [-0.15, -0.1) is 0 Å². The van der Waals surface area contributed by atoms with E-state index in [9.17, 15) is 0 Å². The predicted octanol–water partition coefficient (Wildman–Crippen LogP) is 4.37. The first-order chi connectivity index (χ1) is 9.56. The Bertz CT molecular complexity index is 542. The molecule has 0 bridgehead atoms. The van der Waals surface area contributed by atoms with E-state index in [1.54, 1.807) is 0 Å². The molecule has 0 atom stereocenters. The van der Waals surface area contributed by atoms with Crippen molar-refractivity contribution in [1.82, 2.24) is 10.3 Å². The quantitative estimate of drug-likeness (QED) is 0.871. The van der Waals surface area contributed by atoms with E-state index >= 15 is 0 Å². The molecule has 1 aromatic heterocycles. The van der Waals surface area contributed by atoms with Crippen molar-refractivity contribution < 1.29 is 0 Å². The number of rotatable bonds is 5. The van der Waals surface area contributed by atoms with Crippen molar-refractivity contribution in [3.63, 3.8) is 0 Å². The lowest BCUT2D eigenvalue weighted by Gasteiger charge is -2.10. The van der Waals surface area contributed by atoms with Crippen LogP contribution in [0.25, 0.3) is 11.1 Å². The van der Waals surface area contributed by atoms with Gasteiger partial charge in [0.25, 0.3) is 0 Å². The van der Waals surface area contributed by atoms with Crippen molar-refractivity contribution in [3.8, 4) is 11.1 Å². The first kappa shape index (κ1) is 14.7. The van der Waals surface area contributed by atoms with E-state index in [4.69, 9.17) is 0 Å². The average Bonchev–Trinajstić information content (AvgIpc) is 2.45. The van der Waals surface area contributed by atoms with Crippen LogP contribution in [0.5, 0.6) is 0 Å². The van der Waals surface area contributed by atoms with Gasteiger partial charge in [0, 0.05) is 30.5 Å². The summed E-state index contributed by atoms with van der Waals surface area (Å²) in [5, 5.41) is 3.42. The van der Waals surface area contributed by atoms with Gasteiger partial charge in [0.2, 0.25) is 0 Å². The van der Waals surface area contributed by atoms with Crippen LogP contribution >= 0.6 is 0 Å². The lowest BCUT2D eigenvalue weighted by Crippen LogP contribution is -2.21. The standard InChI is InChI=1S/C18H24N2/c1-13(2)16-5-7-17(8-6-16)18-9-15(10-19-12-18)11-20-14(3)4/h5-10,12-14,20H,11H2,1-4H3. The van der Waals surface area contributed by atoms with E-state index in [-0.39, 0.29) is 0 Å². The fourth-order valence-electron chi connectivity index (χ4n) is 2.12. The molecule has 2 heteroatoms. The molecule has 106 valence electrons. The van der Waals surface area contributed by atoms with Gasteiger partial charge in [-0.1, -0.05) is 52.0 Å². The van der Waals surface area contributed by atoms with Crippen LogP contribution in [0.15, 0.2) is 42.7 Å². The Labute approximate surface area is 122 Å². The average molecular weight is 268 g/mol. The van der Waals surface area contributed by atoms with Crippen LogP contribution in [-0.2, 0) is 6.54 Å². The van der Waals surface area contributed by atoms with Gasteiger partial charge < -0.3 is 5.32 Å². The Morgan fingerprint density at radius 1 is 0.950 bits per heavy atom. The second-order valence-electron chi connectivity index (χ2n) is 5.89. The highest BCUT2D eigenvalue weighted by Gasteiger charge is 2.03. The third-order valence-corrected chi connectivity index (χ3v) is 3.42. The minimum Gasteiger partial charge on any atom is -0.310 e. The van der Waals surface area contributed by atoms with E-state index in [1.165, 1.54) is 22.3 Å². The lowest BCUT2D eigenvalue weighted by molar-refractivity contribution is 0.588. The first-order valence-electron chi connectivity index (χ1n) is 7.34. The van der Waals surface area contributed by atoms with E-state index < -0.39 is 0 Å². The van der Waals surface area contributed by atoms with Crippen molar-refractivity contribution in [3.05, 3.63) is 53.9 Å². The Hall–Kier alpha value is -1.67. The Kier molecular flexibility index (Phi) is 4.91. The summed E-state index contributed by atoms with van der Waals surface area (Å²) in [5.74, 6) is 0.573. The third kappa shape index (κ3) is 3.91. The smallest absolute Gasteiger partial charge is 0.0346 e. The number of aromatic nitrogens is 1. The maximum atomic E-state index is 4.36. The summed E-state index contributed by atoms with van der Waals surface area (Å²) in [5.41, 5.74) is 5.01. The molecule has 20 heavy (non-hydrogen) atoms. The number of hydrogen-bond acceptors (Lipinski definition) is 2. The fraction of sp³-hybridized carbons (Fsp3) is 0.389. The molecule has 1 N–H and O–H groups in total. The molecule has 0 unspecified atom stereocenters. The second-order valence-corrected chi connectivity index (χ2v) is 5.89. The zero-order chi connectivity index (χ0) is 14.5. The minimum absolute atomic E-state index is 0.490. The summed E-state index contributed by atoms with van der Waals surface area (Å²) in [6, 6.07) is 11.5. The summed E-state index contributed by atoms with van der Waals surface area (Å²) in [6.45, 7) is 9.61. The highest BCUT2D eigenvalue weighted by atomic mass is 14.9. The van der Waals surface area contributed by atoms with Crippen molar-refractivity contribution in [2.24, 2.45) is 0 Å². The second kappa shape index (κ2) is 6.67. The maximum Gasteiger partial charge on any atom is 0.0346 e. The van der Waals surface area contributed by atoms with Crippen LogP contribution in [0.1, 0.15) is 44.7 Å². The van der Waals surface area contributed by atoms with Crippen molar-refractivity contribution >= 4 is 0 Å². The number of nitrogens with zero attached hydrogens (tertiary/aromatic N) is 1. The molecule has 0 spiro atoms. The van der Waals surface area contributed by atoms with Crippen LogP contribution in [0.3, 0.4) is 0 Å². The van der Waals surface area contributed by atoms with Crippen LogP contribution in [0, 0.1) is 0 Å². The number of pyridine rings is 1. The van der Waals surface area contributed by atoms with E-state index in [0.29, 0.717) is 12.0 Å². The van der Waals surface area contributed by atoms with Crippen LogP contribution in [0.4, 0.5) is 0 Å². The van der Waals surface area contributed by atoms with Crippen LogP contribution < -0.4 is 5.32 Å². The predicted molar refractivity (Wildman–Crippen MR) is 85.7 cm³/mol. The number of benzene rings is 1. The summed E-state index contributed by atoms with van der Waals surface area (Å²) in [4.78, 5) is 4.36. The SMILES string of the molecule is CC(C)NCc1cncc(-c2ccc(C(C)C)cc2)c1. The summed E-state index contributed by atoms with van der Waals surface area (Å²) >= 11 is 0. The monoisotopic (exact) mass is 268 g/mol. The number of hydrogen-bond donors (Lipinski definition) is 1. The van der Waals surface area contributed by atoms with Crippen molar-refractivity contribution in [2.75, 3.05) is 0 Å². The molecule has 1 aromatic carbocycles. The molecule has 0 amide bonds. The Morgan fingerprint density at radius 2 is 1.65 bits per heavy atom. The highest BCUT2D eigenvalue weighted by Crippen LogP contribution is 2.22. The molecule has 0 radical (unpaired) electrons. The lowest BCUT2D eigenvalue weighted by atomic mass is 9.99. The molecule has 0 aliphatic rings. The molecule has 0 saturated heterocycles. The van der Waals surface area contributed by atoms with Crippen molar-refractivity contribution in [1.29, 1.82) is 0 Å². The number of nitrogens with one attached hydrogen (secondary N) is 1. The molecule has 0 aliphatic carbocycles. The van der Waals surface area contributed by atoms with Gasteiger partial charge in [-0.05, 0) is 28.7 Å². The normalized spacial score (nSPS) is 11.3. The van der Waals surface area contributed by atoms with Gasteiger partial charge in [-0.2, -0.15) is 0 Å². The molecule has 0 saturated carbocycles. The molecule has 0 aliphatic heterocycles. The summed E-state index contributed by atoms with van der Waals surface area (Å²) in [7, 11) is 0. The summed E-state index contributed by atoms with van der Waals surface area (Å²) < 4.78 is 0. The molecule has 0 fully saturated rings. The van der Waals surface area contributed by atoms with E-state index in [2.05, 4.69) is 68.3 Å². The molecule has 2 nitrogen and oxygen atoms in total. The van der Waals surface area contributed by atoms with Gasteiger partial charge in [0.05, 0.1) is 0 Å². The molecule has 2 aromatic rings. The topological polar surface area (TPSA) is 24.9 Å². The van der Waals surface area contributed by atoms with Gasteiger partial charge >= 0.3 is 0 Å². The summed E-state index contributed by atoms with van der Waals surface area (Å²) in [6.07, 6.45) is 3.87. The van der Waals surface area contributed by atoms with E-state index in [1.807, 2.05) is 12.4 Å². The first-order valence-corrected chi connectivity index (χ1v) is 7.34. The Balaban J connectivity index is 2.17. The fourth-order valence-corrected chi connectivity index (χ4v) is 2.12. The van der Waals surface area contributed by atoms with Gasteiger partial charge in [-0.3, -0.25) is 4.98 Å². The molecular formula is C18H24N2. The van der Waals surface area contributed by atoms with Gasteiger partial charge in [0.15, 0.2) is 0 Å². The largest absolute Gasteiger partial charge is 0.310 e. The van der Waals surface area contributed by atoms with E-state index in [0.717, 1.165) is 6.54 Å². The minimum atomic E-state index is 0.490. The third-order valence-electron chi connectivity index (χ3n) is 3.42. The Morgan fingerprint density at radius 3 is 2.25 bits per heavy atom. The molecule has 2 rings (SSSR count). The van der Waals surface area contributed by atoms with Crippen molar-refractivity contribution in [2.45, 2.75) is 46.2 Å². The maximum absolute atomic E-state index is 4.36. The van der Waals surface area contributed by atoms with Gasteiger partial charge in [-0.25, -0.2) is 0 Å². The van der Waals surface area contributed by atoms with Crippen LogP contribution in [0.2, 0.25) is 0 Å². The molecular weight excluding hydrogens is 244 g/mol. The zero-order valence-electron chi connectivity index (χ0n) is 12.9. The van der Waals surface area contributed by atoms with Crippen LogP contribution in [-0.4, -0.2) is 11.0 Å². The van der Waals surface area contributed by atoms with Gasteiger partial charge in [0.1, 0.15) is 0 Å².